The van der Waals surface area contributed by atoms with Gasteiger partial charge in [-0.2, -0.15) is 0 Å². The summed E-state index contributed by atoms with van der Waals surface area (Å²) in [5.74, 6) is 0.535. The molecule has 28 heavy (non-hydrogen) atoms. The molecule has 1 fully saturated rings. The van der Waals surface area contributed by atoms with Gasteiger partial charge in [-0.15, -0.1) is 0 Å². The van der Waals surface area contributed by atoms with Crippen molar-refractivity contribution in [2.24, 2.45) is 0 Å². The van der Waals surface area contributed by atoms with E-state index in [9.17, 15) is 9.59 Å². The first kappa shape index (κ1) is 20.1. The van der Waals surface area contributed by atoms with E-state index in [1.807, 2.05) is 30.3 Å². The minimum Gasteiger partial charge on any atom is -0.367 e. The van der Waals surface area contributed by atoms with Crippen LogP contribution < -0.4 is 5.32 Å². The fraction of sp³-hybridized carbons (Fsp3) is 0.476. The predicted molar refractivity (Wildman–Crippen MR) is 105 cm³/mol. The van der Waals surface area contributed by atoms with Gasteiger partial charge in [0.1, 0.15) is 18.9 Å². The second kappa shape index (κ2) is 10.0. The van der Waals surface area contributed by atoms with Crippen LogP contribution in [0.3, 0.4) is 0 Å². The number of aryl methyl sites for hydroxylation is 1. The maximum atomic E-state index is 12.8. The summed E-state index contributed by atoms with van der Waals surface area (Å²) in [6.07, 6.45) is 5.15. The van der Waals surface area contributed by atoms with Crippen molar-refractivity contribution in [1.82, 2.24) is 10.1 Å². The molecular weight excluding hydrogens is 358 g/mol. The Kier molecular flexibility index (Phi) is 7.19. The van der Waals surface area contributed by atoms with Crippen LogP contribution in [0.5, 0.6) is 0 Å². The van der Waals surface area contributed by atoms with Crippen molar-refractivity contribution in [2.45, 2.75) is 51.7 Å². The van der Waals surface area contributed by atoms with Gasteiger partial charge in [-0.05, 0) is 25.3 Å². The number of nitrogens with one attached hydrogen (secondary N) is 1. The van der Waals surface area contributed by atoms with Gasteiger partial charge in [-0.1, -0.05) is 54.8 Å². The molecule has 0 spiro atoms. The maximum absolute atomic E-state index is 12.8. The van der Waals surface area contributed by atoms with E-state index >= 15 is 0 Å². The van der Waals surface area contributed by atoms with Crippen molar-refractivity contribution in [2.75, 3.05) is 18.5 Å². The Morgan fingerprint density at radius 1 is 1.21 bits per heavy atom. The lowest BCUT2D eigenvalue weighted by atomic mass is 9.94. The van der Waals surface area contributed by atoms with E-state index in [4.69, 9.17) is 9.26 Å². The maximum Gasteiger partial charge on any atom is 0.249 e. The number of carbonyl (C=O) groups is 2. The molecule has 1 aromatic carbocycles. The number of rotatable bonds is 8. The predicted octanol–water partition coefficient (Wildman–Crippen LogP) is 3.30. The summed E-state index contributed by atoms with van der Waals surface area (Å²) in [5, 5.41) is 6.46. The summed E-state index contributed by atoms with van der Waals surface area (Å²) in [6.45, 7) is 2.08. The molecule has 2 aromatic rings. The lowest BCUT2D eigenvalue weighted by Crippen LogP contribution is -2.47. The van der Waals surface area contributed by atoms with E-state index < -0.39 is 0 Å². The highest BCUT2D eigenvalue weighted by atomic mass is 16.5. The van der Waals surface area contributed by atoms with Crippen LogP contribution in [0.25, 0.3) is 0 Å². The number of carbonyl (C=O) groups excluding carboxylic acids is 2. The van der Waals surface area contributed by atoms with Gasteiger partial charge >= 0.3 is 0 Å². The molecule has 3 rings (SSSR count). The summed E-state index contributed by atoms with van der Waals surface area (Å²) in [5.41, 5.74) is 1.01. The van der Waals surface area contributed by atoms with Gasteiger partial charge in [0, 0.05) is 12.1 Å². The van der Waals surface area contributed by atoms with Crippen LogP contribution in [-0.4, -0.2) is 41.1 Å². The molecule has 2 amide bonds. The average Bonchev–Trinajstić information content (AvgIpc) is 3.12. The standard InChI is InChI=1S/C21H27N3O4/c1-16-12-19(23-28-16)22-20(25)13-24(18-10-6-3-7-11-18)21(26)15-27-14-17-8-4-2-5-9-17/h2,4-5,8-9,12,18H,3,6-7,10-11,13-15H2,1H3,(H,22,23,25). The number of ether oxygens (including phenoxy) is 1. The number of anilines is 1. The quantitative estimate of drug-likeness (QED) is 0.754. The highest BCUT2D eigenvalue weighted by molar-refractivity contribution is 5.94. The van der Waals surface area contributed by atoms with Crippen molar-refractivity contribution in [1.29, 1.82) is 0 Å². The zero-order valence-corrected chi connectivity index (χ0v) is 16.2. The van der Waals surface area contributed by atoms with Gasteiger partial charge in [0.2, 0.25) is 11.8 Å². The molecule has 1 N–H and O–H groups in total. The van der Waals surface area contributed by atoms with E-state index in [1.54, 1.807) is 17.9 Å². The minimum atomic E-state index is -0.282. The number of hydrogen-bond donors (Lipinski definition) is 1. The fourth-order valence-electron chi connectivity index (χ4n) is 3.49. The topological polar surface area (TPSA) is 84.7 Å². The van der Waals surface area contributed by atoms with E-state index in [0.717, 1.165) is 31.2 Å². The molecule has 7 heteroatoms. The van der Waals surface area contributed by atoms with E-state index in [1.165, 1.54) is 6.42 Å². The first-order chi connectivity index (χ1) is 13.6. The Balaban J connectivity index is 1.57. The Hall–Kier alpha value is -2.67. The summed E-state index contributed by atoms with van der Waals surface area (Å²) in [4.78, 5) is 26.9. The molecule has 0 atom stereocenters. The monoisotopic (exact) mass is 385 g/mol. The Bertz CT molecular complexity index is 769. The third-order valence-electron chi connectivity index (χ3n) is 4.88. The third-order valence-corrected chi connectivity index (χ3v) is 4.88. The molecule has 1 saturated carbocycles. The highest BCUT2D eigenvalue weighted by Crippen LogP contribution is 2.23. The number of benzene rings is 1. The van der Waals surface area contributed by atoms with Crippen molar-refractivity contribution in [3.63, 3.8) is 0 Å². The molecular formula is C21H27N3O4. The molecule has 1 aromatic heterocycles. The largest absolute Gasteiger partial charge is 0.367 e. The zero-order chi connectivity index (χ0) is 19.8. The number of amides is 2. The highest BCUT2D eigenvalue weighted by Gasteiger charge is 2.27. The molecule has 150 valence electrons. The number of hydrogen-bond acceptors (Lipinski definition) is 5. The molecule has 0 unspecified atom stereocenters. The summed E-state index contributed by atoms with van der Waals surface area (Å²) in [7, 11) is 0. The first-order valence-electron chi connectivity index (χ1n) is 9.76. The van der Waals surface area contributed by atoms with Gasteiger partial charge < -0.3 is 19.5 Å². The lowest BCUT2D eigenvalue weighted by Gasteiger charge is -2.33. The molecule has 1 heterocycles. The molecule has 0 bridgehead atoms. The van der Waals surface area contributed by atoms with Crippen molar-refractivity contribution in [3.05, 3.63) is 47.7 Å². The van der Waals surface area contributed by atoms with E-state index in [0.29, 0.717) is 18.2 Å². The van der Waals surface area contributed by atoms with Crippen LogP contribution in [0.2, 0.25) is 0 Å². The smallest absolute Gasteiger partial charge is 0.249 e. The van der Waals surface area contributed by atoms with Crippen molar-refractivity contribution in [3.8, 4) is 0 Å². The Labute approximate surface area is 165 Å². The van der Waals surface area contributed by atoms with Gasteiger partial charge in [0.25, 0.3) is 0 Å². The average molecular weight is 385 g/mol. The fourth-order valence-corrected chi connectivity index (χ4v) is 3.49. The van der Waals surface area contributed by atoms with Crippen molar-refractivity contribution >= 4 is 17.6 Å². The molecule has 1 aliphatic carbocycles. The number of aromatic nitrogens is 1. The number of nitrogens with zero attached hydrogens (tertiary/aromatic N) is 2. The van der Waals surface area contributed by atoms with Gasteiger partial charge in [0.15, 0.2) is 5.82 Å². The van der Waals surface area contributed by atoms with E-state index in [-0.39, 0.29) is 31.0 Å². The molecule has 0 saturated heterocycles. The van der Waals surface area contributed by atoms with Gasteiger partial charge in [0.05, 0.1) is 6.61 Å². The van der Waals surface area contributed by atoms with Crippen LogP contribution in [0, 0.1) is 6.92 Å². The molecule has 1 aliphatic rings. The van der Waals surface area contributed by atoms with Gasteiger partial charge in [-0.3, -0.25) is 9.59 Å². The zero-order valence-electron chi connectivity index (χ0n) is 16.2. The third kappa shape index (κ3) is 5.92. The lowest BCUT2D eigenvalue weighted by molar-refractivity contribution is -0.142. The second-order valence-corrected chi connectivity index (χ2v) is 7.16. The summed E-state index contributed by atoms with van der Waals surface area (Å²) < 4.78 is 10.6. The summed E-state index contributed by atoms with van der Waals surface area (Å²) in [6, 6.07) is 11.4. The Morgan fingerprint density at radius 3 is 2.64 bits per heavy atom. The van der Waals surface area contributed by atoms with Crippen LogP contribution in [0.1, 0.15) is 43.4 Å². The second-order valence-electron chi connectivity index (χ2n) is 7.16. The van der Waals surface area contributed by atoms with Crippen LogP contribution >= 0.6 is 0 Å². The SMILES string of the molecule is Cc1cc(NC(=O)CN(C(=O)COCc2ccccc2)C2CCCCC2)no1. The van der Waals surface area contributed by atoms with Crippen LogP contribution in [-0.2, 0) is 20.9 Å². The van der Waals surface area contributed by atoms with Crippen molar-refractivity contribution < 1.29 is 18.8 Å². The molecule has 7 nitrogen and oxygen atoms in total. The molecule has 0 aliphatic heterocycles. The normalized spacial score (nSPS) is 14.6. The van der Waals surface area contributed by atoms with Gasteiger partial charge in [-0.25, -0.2) is 0 Å². The van der Waals surface area contributed by atoms with Crippen LogP contribution in [0.15, 0.2) is 40.9 Å². The summed E-state index contributed by atoms with van der Waals surface area (Å²) >= 11 is 0. The Morgan fingerprint density at radius 2 is 1.96 bits per heavy atom. The minimum absolute atomic E-state index is 0.00982. The first-order valence-corrected chi connectivity index (χ1v) is 9.76. The van der Waals surface area contributed by atoms with Crippen LogP contribution in [0.4, 0.5) is 5.82 Å². The molecule has 0 radical (unpaired) electrons. The van der Waals surface area contributed by atoms with E-state index in [2.05, 4.69) is 10.5 Å².